The van der Waals surface area contributed by atoms with E-state index < -0.39 is 5.60 Å². The van der Waals surface area contributed by atoms with Crippen LogP contribution in [-0.4, -0.2) is 42.3 Å². The minimum Gasteiger partial charge on any atom is -0.462 e. The molecule has 1 aromatic heterocycles. The molecule has 1 aliphatic carbocycles. The van der Waals surface area contributed by atoms with E-state index in [1.807, 2.05) is 20.8 Å². The SMILES string of the molecule is CCOC(=O)c1c(N)sc2c1CCC(N(C)C(=O)OC(C)(C)C)C2. The summed E-state index contributed by atoms with van der Waals surface area (Å²) < 4.78 is 10.5. The molecular weight excluding hydrogens is 328 g/mol. The van der Waals surface area contributed by atoms with Crippen molar-refractivity contribution in [2.75, 3.05) is 19.4 Å². The molecular formula is C17H26N2O4S. The van der Waals surface area contributed by atoms with Gasteiger partial charge in [0.05, 0.1) is 12.2 Å². The Balaban J connectivity index is 2.14. The molecule has 1 amide bonds. The first-order valence-corrected chi connectivity index (χ1v) is 8.98. The molecule has 0 aromatic carbocycles. The van der Waals surface area contributed by atoms with Crippen LogP contribution >= 0.6 is 11.3 Å². The van der Waals surface area contributed by atoms with Crippen molar-refractivity contribution >= 4 is 28.4 Å². The fourth-order valence-electron chi connectivity index (χ4n) is 2.83. The van der Waals surface area contributed by atoms with Gasteiger partial charge in [-0.05, 0) is 46.1 Å². The second kappa shape index (κ2) is 7.01. The molecule has 0 saturated carbocycles. The highest BCUT2D eigenvalue weighted by Crippen LogP contribution is 2.37. The number of rotatable bonds is 3. The number of fused-ring (bicyclic) bond motifs is 1. The maximum absolute atomic E-state index is 12.2. The number of amides is 1. The van der Waals surface area contributed by atoms with Crippen molar-refractivity contribution in [1.29, 1.82) is 0 Å². The number of esters is 1. The Morgan fingerprint density at radius 3 is 2.62 bits per heavy atom. The quantitative estimate of drug-likeness (QED) is 0.843. The van der Waals surface area contributed by atoms with Crippen LogP contribution in [0.25, 0.3) is 0 Å². The van der Waals surface area contributed by atoms with Crippen LogP contribution in [0.15, 0.2) is 0 Å². The maximum Gasteiger partial charge on any atom is 0.410 e. The molecule has 6 nitrogen and oxygen atoms in total. The van der Waals surface area contributed by atoms with Crippen LogP contribution < -0.4 is 5.73 Å². The maximum atomic E-state index is 12.2. The summed E-state index contributed by atoms with van der Waals surface area (Å²) in [5, 5.41) is 0.499. The Kier molecular flexibility index (Phi) is 5.42. The average Bonchev–Trinajstić information content (AvgIpc) is 2.79. The Bertz CT molecular complexity index is 633. The summed E-state index contributed by atoms with van der Waals surface area (Å²) in [6.45, 7) is 7.65. The van der Waals surface area contributed by atoms with E-state index in [2.05, 4.69) is 0 Å². The molecule has 24 heavy (non-hydrogen) atoms. The van der Waals surface area contributed by atoms with Crippen LogP contribution in [0.3, 0.4) is 0 Å². The molecule has 0 spiro atoms. The number of carbonyl (C=O) groups excluding carboxylic acids is 2. The average molecular weight is 354 g/mol. The molecule has 0 saturated heterocycles. The van der Waals surface area contributed by atoms with Gasteiger partial charge in [-0.3, -0.25) is 0 Å². The Morgan fingerprint density at radius 1 is 1.38 bits per heavy atom. The molecule has 1 heterocycles. The molecule has 7 heteroatoms. The van der Waals surface area contributed by atoms with Crippen molar-refractivity contribution < 1.29 is 19.1 Å². The van der Waals surface area contributed by atoms with Gasteiger partial charge < -0.3 is 20.1 Å². The van der Waals surface area contributed by atoms with E-state index in [-0.39, 0.29) is 18.1 Å². The molecule has 1 atom stereocenters. The number of carbonyl (C=O) groups is 2. The largest absolute Gasteiger partial charge is 0.462 e. The van der Waals surface area contributed by atoms with Gasteiger partial charge in [-0.2, -0.15) is 0 Å². The summed E-state index contributed by atoms with van der Waals surface area (Å²) in [7, 11) is 1.76. The number of nitrogens with two attached hydrogens (primary N) is 1. The first-order valence-electron chi connectivity index (χ1n) is 8.17. The highest BCUT2D eigenvalue weighted by atomic mass is 32.1. The van der Waals surface area contributed by atoms with Crippen molar-refractivity contribution in [2.45, 2.75) is 58.6 Å². The van der Waals surface area contributed by atoms with Crippen LogP contribution in [0.2, 0.25) is 0 Å². The van der Waals surface area contributed by atoms with Gasteiger partial charge in [0.15, 0.2) is 0 Å². The summed E-state index contributed by atoms with van der Waals surface area (Å²) in [6, 6.07) is 0.0421. The third-order valence-corrected chi connectivity index (χ3v) is 5.06. The highest BCUT2D eigenvalue weighted by Gasteiger charge is 2.33. The second-order valence-electron chi connectivity index (χ2n) is 6.95. The van der Waals surface area contributed by atoms with Gasteiger partial charge in [0, 0.05) is 24.4 Å². The number of nitrogen functional groups attached to an aromatic ring is 1. The summed E-state index contributed by atoms with van der Waals surface area (Å²) in [4.78, 5) is 27.0. The Morgan fingerprint density at radius 2 is 2.04 bits per heavy atom. The predicted molar refractivity (Wildman–Crippen MR) is 94.5 cm³/mol. The fraction of sp³-hybridized carbons (Fsp3) is 0.647. The van der Waals surface area contributed by atoms with Crippen molar-refractivity contribution in [3.05, 3.63) is 16.0 Å². The fourth-order valence-corrected chi connectivity index (χ4v) is 4.01. The van der Waals surface area contributed by atoms with Crippen molar-refractivity contribution in [2.24, 2.45) is 0 Å². The van der Waals surface area contributed by atoms with E-state index in [0.29, 0.717) is 30.0 Å². The lowest BCUT2D eigenvalue weighted by molar-refractivity contribution is 0.0210. The van der Waals surface area contributed by atoms with E-state index in [9.17, 15) is 9.59 Å². The zero-order chi connectivity index (χ0) is 18.1. The molecule has 1 unspecified atom stereocenters. The van der Waals surface area contributed by atoms with Crippen molar-refractivity contribution in [1.82, 2.24) is 4.90 Å². The summed E-state index contributed by atoms with van der Waals surface area (Å²) in [6.07, 6.45) is 1.82. The number of hydrogen-bond acceptors (Lipinski definition) is 6. The predicted octanol–water partition coefficient (Wildman–Crippen LogP) is 3.23. The van der Waals surface area contributed by atoms with Crippen LogP contribution in [0, 0.1) is 0 Å². The third-order valence-electron chi connectivity index (χ3n) is 3.98. The highest BCUT2D eigenvalue weighted by molar-refractivity contribution is 7.16. The lowest BCUT2D eigenvalue weighted by Crippen LogP contribution is -2.43. The summed E-state index contributed by atoms with van der Waals surface area (Å²) in [5.41, 5.74) is 7.00. The van der Waals surface area contributed by atoms with Gasteiger partial charge in [-0.25, -0.2) is 9.59 Å². The molecule has 1 aliphatic rings. The first-order chi connectivity index (χ1) is 11.1. The minimum atomic E-state index is -0.518. The monoisotopic (exact) mass is 354 g/mol. The molecule has 134 valence electrons. The van der Waals surface area contributed by atoms with Gasteiger partial charge in [0.25, 0.3) is 0 Å². The first kappa shape index (κ1) is 18.6. The molecule has 1 aromatic rings. The molecule has 0 bridgehead atoms. The topological polar surface area (TPSA) is 81.9 Å². The van der Waals surface area contributed by atoms with Crippen LogP contribution in [0.5, 0.6) is 0 Å². The van der Waals surface area contributed by atoms with Gasteiger partial charge in [0.1, 0.15) is 10.6 Å². The molecule has 0 aliphatic heterocycles. The number of likely N-dealkylation sites (N-methyl/N-ethyl adjacent to an activating group) is 1. The van der Waals surface area contributed by atoms with E-state index in [1.54, 1.807) is 18.9 Å². The number of nitrogens with zero attached hydrogens (tertiary/aromatic N) is 1. The number of hydrogen-bond donors (Lipinski definition) is 1. The lowest BCUT2D eigenvalue weighted by atomic mass is 9.91. The number of anilines is 1. The van der Waals surface area contributed by atoms with Crippen molar-refractivity contribution in [3.8, 4) is 0 Å². The van der Waals surface area contributed by atoms with E-state index in [4.69, 9.17) is 15.2 Å². The molecule has 0 fully saturated rings. The Labute approximate surface area is 146 Å². The molecule has 0 radical (unpaired) electrons. The normalized spacial score (nSPS) is 17.1. The van der Waals surface area contributed by atoms with E-state index >= 15 is 0 Å². The third kappa shape index (κ3) is 4.01. The Hall–Kier alpha value is -1.76. The van der Waals surface area contributed by atoms with Crippen LogP contribution in [0.1, 0.15) is 54.9 Å². The standard InChI is InChI=1S/C17H26N2O4S/c1-6-22-15(20)13-11-8-7-10(9-12(11)24-14(13)18)19(5)16(21)23-17(2,3)4/h10H,6-9,18H2,1-5H3. The van der Waals surface area contributed by atoms with E-state index in [1.165, 1.54) is 11.3 Å². The summed E-state index contributed by atoms with van der Waals surface area (Å²) in [5.74, 6) is -0.355. The van der Waals surface area contributed by atoms with Crippen molar-refractivity contribution in [3.63, 3.8) is 0 Å². The molecule has 2 rings (SSSR count). The number of ether oxygens (including phenoxy) is 2. The number of thiophene rings is 1. The zero-order valence-corrected chi connectivity index (χ0v) is 15.8. The second-order valence-corrected chi connectivity index (χ2v) is 8.09. The van der Waals surface area contributed by atoms with E-state index in [0.717, 1.165) is 16.9 Å². The summed E-state index contributed by atoms with van der Waals surface area (Å²) >= 11 is 1.42. The zero-order valence-electron chi connectivity index (χ0n) is 15.0. The van der Waals surface area contributed by atoms with Gasteiger partial charge in [-0.1, -0.05) is 0 Å². The van der Waals surface area contributed by atoms with Crippen LogP contribution in [-0.2, 0) is 22.3 Å². The van der Waals surface area contributed by atoms with Gasteiger partial charge in [-0.15, -0.1) is 11.3 Å². The van der Waals surface area contributed by atoms with Gasteiger partial charge in [0.2, 0.25) is 0 Å². The lowest BCUT2D eigenvalue weighted by Gasteiger charge is -2.33. The minimum absolute atomic E-state index is 0.0421. The van der Waals surface area contributed by atoms with Gasteiger partial charge >= 0.3 is 12.1 Å². The molecule has 2 N–H and O–H groups in total. The van der Waals surface area contributed by atoms with Crippen LogP contribution in [0.4, 0.5) is 9.80 Å². The smallest absolute Gasteiger partial charge is 0.410 e.